The van der Waals surface area contributed by atoms with Gasteiger partial charge in [0, 0.05) is 50.9 Å². The Bertz CT molecular complexity index is 1180. The summed E-state index contributed by atoms with van der Waals surface area (Å²) in [5.41, 5.74) is 8.59. The van der Waals surface area contributed by atoms with Crippen LogP contribution in [0.15, 0.2) is 45.8 Å². The van der Waals surface area contributed by atoms with Crippen LogP contribution in [-0.2, 0) is 16.1 Å². The van der Waals surface area contributed by atoms with Crippen LogP contribution in [0.5, 0.6) is 0 Å². The van der Waals surface area contributed by atoms with Gasteiger partial charge in [0.1, 0.15) is 5.82 Å². The molecule has 1 fully saturated rings. The average Bonchev–Trinajstić information content (AvgIpc) is 3.42. The molecule has 0 saturated carbocycles. The molecule has 10 nitrogen and oxygen atoms in total. The Hall–Kier alpha value is -3.79. The van der Waals surface area contributed by atoms with E-state index in [9.17, 15) is 9.59 Å². The number of amides is 2. The van der Waals surface area contributed by atoms with Crippen LogP contribution >= 0.6 is 0 Å². The highest BCUT2D eigenvalue weighted by Crippen LogP contribution is 2.25. The molecule has 0 bridgehead atoms. The minimum atomic E-state index is -0.453. The van der Waals surface area contributed by atoms with Gasteiger partial charge in [-0.25, -0.2) is 9.98 Å². The number of hydrogen-bond donors (Lipinski definition) is 3. The summed E-state index contributed by atoms with van der Waals surface area (Å²) in [5, 5.41) is 7.11. The largest absolute Gasteiger partial charge is 0.382 e. The van der Waals surface area contributed by atoms with Crippen LogP contribution in [-0.4, -0.2) is 74.4 Å². The Balaban J connectivity index is 1.83. The summed E-state index contributed by atoms with van der Waals surface area (Å²) in [7, 11) is 3.77. The van der Waals surface area contributed by atoms with Crippen molar-refractivity contribution in [2.24, 2.45) is 15.7 Å². The summed E-state index contributed by atoms with van der Waals surface area (Å²) >= 11 is 0. The first-order valence-corrected chi connectivity index (χ1v) is 12.1. The third kappa shape index (κ3) is 6.25. The Morgan fingerprint density at radius 2 is 2.11 bits per heavy atom. The van der Waals surface area contributed by atoms with Crippen molar-refractivity contribution >= 4 is 41.5 Å². The molecule has 0 aliphatic carbocycles. The minimum absolute atomic E-state index is 0.00709. The van der Waals surface area contributed by atoms with Gasteiger partial charge in [-0.3, -0.25) is 14.6 Å². The molecule has 1 aromatic carbocycles. The van der Waals surface area contributed by atoms with Gasteiger partial charge in [0.2, 0.25) is 5.91 Å². The van der Waals surface area contributed by atoms with Crippen LogP contribution in [0.1, 0.15) is 30.9 Å². The summed E-state index contributed by atoms with van der Waals surface area (Å²) < 4.78 is 0. The van der Waals surface area contributed by atoms with Crippen LogP contribution in [0.2, 0.25) is 0 Å². The van der Waals surface area contributed by atoms with Gasteiger partial charge in [-0.1, -0.05) is 18.2 Å². The second-order valence-corrected chi connectivity index (χ2v) is 8.91. The molecule has 2 heterocycles. The fourth-order valence-corrected chi connectivity index (χ4v) is 4.22. The number of benzene rings is 1. The van der Waals surface area contributed by atoms with E-state index in [1.807, 2.05) is 50.2 Å². The number of aryl methyl sites for hydroxylation is 1. The number of nitrogens with one attached hydrogen (secondary N) is 2. The van der Waals surface area contributed by atoms with Crippen LogP contribution in [0, 0.1) is 6.92 Å². The second kappa shape index (κ2) is 12.3. The molecule has 1 aromatic heterocycles. The maximum Gasteiger partial charge on any atom is 0.273 e. The smallest absolute Gasteiger partial charge is 0.273 e. The van der Waals surface area contributed by atoms with E-state index >= 15 is 0 Å². The van der Waals surface area contributed by atoms with Crippen molar-refractivity contribution in [1.29, 1.82) is 0 Å². The number of pyridine rings is 1. The third-order valence-corrected chi connectivity index (χ3v) is 6.30. The molecule has 1 aliphatic rings. The zero-order chi connectivity index (χ0) is 26.2. The summed E-state index contributed by atoms with van der Waals surface area (Å²) in [4.78, 5) is 41.9. The highest BCUT2D eigenvalue weighted by molar-refractivity contribution is 5.95. The highest BCUT2D eigenvalue weighted by Gasteiger charge is 2.25. The first-order valence-electron chi connectivity index (χ1n) is 12.1. The number of anilines is 1. The van der Waals surface area contributed by atoms with Crippen LogP contribution in [0.3, 0.4) is 0 Å². The number of fused-ring (bicyclic) bond motifs is 1. The normalized spacial score (nSPS) is 16.2. The summed E-state index contributed by atoms with van der Waals surface area (Å²) in [5.74, 6) is 0.348. The first-order chi connectivity index (χ1) is 17.3. The van der Waals surface area contributed by atoms with Crippen molar-refractivity contribution in [3.63, 3.8) is 0 Å². The van der Waals surface area contributed by atoms with Crippen molar-refractivity contribution in [2.75, 3.05) is 38.6 Å². The van der Waals surface area contributed by atoms with E-state index in [4.69, 9.17) is 10.7 Å². The van der Waals surface area contributed by atoms with E-state index in [0.29, 0.717) is 13.1 Å². The molecule has 3 rings (SSSR count). The molecule has 2 aromatic rings. The Labute approximate surface area is 212 Å². The second-order valence-electron chi connectivity index (χ2n) is 8.91. The van der Waals surface area contributed by atoms with Gasteiger partial charge in [0.15, 0.2) is 11.5 Å². The maximum atomic E-state index is 12.8. The fourth-order valence-electron chi connectivity index (χ4n) is 4.22. The SMILES string of the molecule is C=N/C(N)=C(\N=CC)C(=O)NCc1cc2cccc(C)c2nc1N(C)CCN(C)C(=O)[C@@H]1CCCN1. The van der Waals surface area contributed by atoms with Gasteiger partial charge in [0.05, 0.1) is 11.6 Å². The van der Waals surface area contributed by atoms with Crippen molar-refractivity contribution in [3.8, 4) is 0 Å². The maximum absolute atomic E-state index is 12.8. The molecule has 0 unspecified atom stereocenters. The van der Waals surface area contributed by atoms with E-state index in [1.54, 1.807) is 11.8 Å². The summed E-state index contributed by atoms with van der Waals surface area (Å²) in [6.45, 7) is 9.32. The van der Waals surface area contributed by atoms with Crippen molar-refractivity contribution in [2.45, 2.75) is 39.3 Å². The Morgan fingerprint density at radius 1 is 1.33 bits per heavy atom. The summed E-state index contributed by atoms with van der Waals surface area (Å²) in [6, 6.07) is 7.93. The van der Waals surface area contributed by atoms with Crippen LogP contribution in [0.4, 0.5) is 5.82 Å². The lowest BCUT2D eigenvalue weighted by Gasteiger charge is -2.27. The number of likely N-dealkylation sites (N-methyl/N-ethyl adjacent to an activating group) is 2. The zero-order valence-electron chi connectivity index (χ0n) is 21.5. The molecule has 1 atom stereocenters. The number of rotatable bonds is 10. The molecular weight excluding hydrogens is 456 g/mol. The van der Waals surface area contributed by atoms with E-state index in [-0.39, 0.29) is 30.0 Å². The van der Waals surface area contributed by atoms with Gasteiger partial charge in [-0.15, -0.1) is 0 Å². The number of nitrogens with two attached hydrogens (primary N) is 1. The molecule has 192 valence electrons. The number of aliphatic imine (C=N–C) groups is 2. The Kier molecular flexibility index (Phi) is 9.13. The van der Waals surface area contributed by atoms with Gasteiger partial charge in [-0.05, 0) is 51.6 Å². The highest BCUT2D eigenvalue weighted by atomic mass is 16.2. The first kappa shape index (κ1) is 26.8. The molecular formula is C26H36N8O2. The zero-order valence-corrected chi connectivity index (χ0v) is 21.5. The number of carbonyl (C=O) groups is 2. The fraction of sp³-hybridized carbons (Fsp3) is 0.423. The predicted molar refractivity (Wildman–Crippen MR) is 145 cm³/mol. The molecule has 1 aliphatic heterocycles. The lowest BCUT2D eigenvalue weighted by Crippen LogP contribution is -2.44. The van der Waals surface area contributed by atoms with Gasteiger partial charge in [-0.2, -0.15) is 0 Å². The van der Waals surface area contributed by atoms with E-state index < -0.39 is 5.91 Å². The molecule has 36 heavy (non-hydrogen) atoms. The van der Waals surface area contributed by atoms with E-state index in [1.165, 1.54) is 6.21 Å². The van der Waals surface area contributed by atoms with Crippen LogP contribution < -0.4 is 21.3 Å². The quantitative estimate of drug-likeness (QED) is 0.342. The number of hydrogen-bond acceptors (Lipinski definition) is 8. The van der Waals surface area contributed by atoms with Crippen molar-refractivity contribution in [3.05, 3.63) is 46.9 Å². The van der Waals surface area contributed by atoms with Gasteiger partial charge >= 0.3 is 0 Å². The monoisotopic (exact) mass is 492 g/mol. The minimum Gasteiger partial charge on any atom is -0.382 e. The number of carbonyl (C=O) groups excluding carboxylic acids is 2. The molecule has 0 radical (unpaired) electrons. The standard InChI is InChI=1S/C26H36N8O2/c1-6-29-22(23(27)28-3)25(35)31-16-19-15-18-10-7-9-17(2)21(18)32-24(19)33(4)13-14-34(5)26(36)20-11-8-12-30-20/h6-7,9-10,15,20,30H,3,8,11-14,16,27H2,1-2,4-5H3,(H,31,35)/b23-22-,29-6?/t20-/m0/s1. The Morgan fingerprint density at radius 3 is 2.78 bits per heavy atom. The van der Waals surface area contributed by atoms with Crippen molar-refractivity contribution < 1.29 is 9.59 Å². The number of nitrogens with zero attached hydrogens (tertiary/aromatic N) is 5. The van der Waals surface area contributed by atoms with Crippen LogP contribution in [0.25, 0.3) is 10.9 Å². The average molecular weight is 493 g/mol. The molecule has 1 saturated heterocycles. The lowest BCUT2D eigenvalue weighted by atomic mass is 10.1. The van der Waals surface area contributed by atoms with Crippen molar-refractivity contribution in [1.82, 2.24) is 20.5 Å². The topological polar surface area (TPSA) is 128 Å². The predicted octanol–water partition coefficient (Wildman–Crippen LogP) is 1.73. The van der Waals surface area contributed by atoms with Gasteiger partial charge in [0.25, 0.3) is 5.91 Å². The van der Waals surface area contributed by atoms with E-state index in [0.717, 1.165) is 47.2 Å². The summed E-state index contributed by atoms with van der Waals surface area (Å²) in [6.07, 6.45) is 3.37. The molecule has 2 amide bonds. The molecule has 0 spiro atoms. The molecule has 10 heteroatoms. The lowest BCUT2D eigenvalue weighted by molar-refractivity contribution is -0.131. The third-order valence-electron chi connectivity index (χ3n) is 6.30. The van der Waals surface area contributed by atoms with Gasteiger partial charge < -0.3 is 26.2 Å². The van der Waals surface area contributed by atoms with E-state index in [2.05, 4.69) is 27.3 Å². The number of aromatic nitrogens is 1. The number of para-hydroxylation sites is 1. The molecule has 4 N–H and O–H groups in total.